The number of benzene rings is 1. The van der Waals surface area contributed by atoms with E-state index in [9.17, 15) is 4.79 Å². The Morgan fingerprint density at radius 2 is 1.86 bits per heavy atom. The largest absolute Gasteiger partial charge is 0.462 e. The molecule has 0 fully saturated rings. The van der Waals surface area contributed by atoms with Crippen LogP contribution >= 0.6 is 11.3 Å². The highest BCUT2D eigenvalue weighted by molar-refractivity contribution is 7.14. The lowest BCUT2D eigenvalue weighted by Crippen LogP contribution is -2.10. The van der Waals surface area contributed by atoms with Crippen LogP contribution in [-0.2, 0) is 10.2 Å². The van der Waals surface area contributed by atoms with Crippen molar-refractivity contribution < 1.29 is 9.53 Å². The number of nitrogen functional groups attached to an aromatic ring is 1. The van der Waals surface area contributed by atoms with Gasteiger partial charge in [0, 0.05) is 10.9 Å². The summed E-state index contributed by atoms with van der Waals surface area (Å²) in [5.41, 5.74) is 9.60. The second-order valence-electron chi connectivity index (χ2n) is 5.94. The lowest BCUT2D eigenvalue weighted by Gasteiger charge is -2.19. The topological polar surface area (TPSA) is 52.3 Å². The highest BCUT2D eigenvalue weighted by atomic mass is 32.1. The van der Waals surface area contributed by atoms with Gasteiger partial charge in [0.05, 0.1) is 6.61 Å². The van der Waals surface area contributed by atoms with Crippen molar-refractivity contribution >= 4 is 22.3 Å². The summed E-state index contributed by atoms with van der Waals surface area (Å²) in [6.45, 7) is 8.66. The molecule has 1 aromatic carbocycles. The highest BCUT2D eigenvalue weighted by Crippen LogP contribution is 2.35. The quantitative estimate of drug-likeness (QED) is 0.851. The summed E-state index contributed by atoms with van der Waals surface area (Å²) in [6.07, 6.45) is 0. The zero-order chi connectivity index (χ0) is 15.6. The minimum absolute atomic E-state index is 0.107. The van der Waals surface area contributed by atoms with E-state index < -0.39 is 0 Å². The van der Waals surface area contributed by atoms with Gasteiger partial charge in [-0.05, 0) is 23.5 Å². The Kier molecular flexibility index (Phi) is 4.37. The van der Waals surface area contributed by atoms with Crippen molar-refractivity contribution in [2.24, 2.45) is 0 Å². The molecule has 0 aliphatic heterocycles. The molecule has 0 radical (unpaired) electrons. The fraction of sp³-hybridized carbons (Fsp3) is 0.353. The smallest absolute Gasteiger partial charge is 0.341 e. The van der Waals surface area contributed by atoms with E-state index >= 15 is 0 Å². The first-order valence-electron chi connectivity index (χ1n) is 6.99. The summed E-state index contributed by atoms with van der Waals surface area (Å²) in [5.74, 6) is -0.355. The van der Waals surface area contributed by atoms with Gasteiger partial charge >= 0.3 is 5.97 Å². The number of carbonyl (C=O) groups excluding carboxylic acids is 1. The molecule has 0 saturated heterocycles. The fourth-order valence-corrected chi connectivity index (χ4v) is 2.96. The van der Waals surface area contributed by atoms with Crippen molar-refractivity contribution in [3.63, 3.8) is 0 Å². The number of rotatable bonds is 3. The van der Waals surface area contributed by atoms with Crippen LogP contribution in [0.4, 0.5) is 5.00 Å². The summed E-state index contributed by atoms with van der Waals surface area (Å²) >= 11 is 1.37. The number of nitrogens with two attached hydrogens (primary N) is 1. The van der Waals surface area contributed by atoms with Crippen LogP contribution in [0, 0.1) is 0 Å². The predicted octanol–water partition coefficient (Wildman–Crippen LogP) is 4.47. The Labute approximate surface area is 129 Å². The average Bonchev–Trinajstić information content (AvgIpc) is 2.80. The monoisotopic (exact) mass is 303 g/mol. The van der Waals surface area contributed by atoms with Crippen LogP contribution in [0.15, 0.2) is 29.6 Å². The molecule has 2 N–H and O–H groups in total. The molecule has 3 nitrogen and oxygen atoms in total. The number of ether oxygens (including phenoxy) is 1. The van der Waals surface area contributed by atoms with Gasteiger partial charge in [0.25, 0.3) is 0 Å². The van der Waals surface area contributed by atoms with Gasteiger partial charge in [-0.3, -0.25) is 0 Å². The Morgan fingerprint density at radius 1 is 1.24 bits per heavy atom. The van der Waals surface area contributed by atoms with E-state index in [1.54, 1.807) is 6.92 Å². The van der Waals surface area contributed by atoms with Crippen LogP contribution in [0.5, 0.6) is 0 Å². The Hall–Kier alpha value is -1.81. The number of esters is 1. The van der Waals surface area contributed by atoms with Crippen LogP contribution < -0.4 is 5.73 Å². The van der Waals surface area contributed by atoms with Crippen molar-refractivity contribution in [2.75, 3.05) is 12.3 Å². The first-order chi connectivity index (χ1) is 9.84. The van der Waals surface area contributed by atoms with Crippen molar-refractivity contribution in [1.29, 1.82) is 0 Å². The van der Waals surface area contributed by atoms with Crippen molar-refractivity contribution in [3.8, 4) is 11.1 Å². The molecule has 1 aromatic heterocycles. The maximum absolute atomic E-state index is 12.1. The van der Waals surface area contributed by atoms with Gasteiger partial charge in [0.15, 0.2) is 0 Å². The average molecular weight is 303 g/mol. The van der Waals surface area contributed by atoms with Gasteiger partial charge in [-0.2, -0.15) is 0 Å². The van der Waals surface area contributed by atoms with Crippen LogP contribution in [0.2, 0.25) is 0 Å². The highest BCUT2D eigenvalue weighted by Gasteiger charge is 2.20. The van der Waals surface area contributed by atoms with E-state index in [0.717, 1.165) is 11.1 Å². The van der Waals surface area contributed by atoms with Crippen molar-refractivity contribution in [1.82, 2.24) is 0 Å². The predicted molar refractivity (Wildman–Crippen MR) is 88.8 cm³/mol. The summed E-state index contributed by atoms with van der Waals surface area (Å²) in [6, 6.07) is 8.26. The van der Waals surface area contributed by atoms with Gasteiger partial charge in [-0.1, -0.05) is 45.0 Å². The molecule has 4 heteroatoms. The summed E-state index contributed by atoms with van der Waals surface area (Å²) in [5, 5.41) is 2.41. The number of carbonyl (C=O) groups is 1. The number of hydrogen-bond acceptors (Lipinski definition) is 4. The minimum Gasteiger partial charge on any atom is -0.462 e. The molecule has 2 rings (SSSR count). The Balaban J connectivity index is 2.41. The zero-order valence-corrected chi connectivity index (χ0v) is 13.7. The third-order valence-corrected chi connectivity index (χ3v) is 4.17. The molecule has 0 spiro atoms. The molecule has 0 atom stereocenters. The Morgan fingerprint density at radius 3 is 2.38 bits per heavy atom. The van der Waals surface area contributed by atoms with Crippen molar-refractivity contribution in [3.05, 3.63) is 40.8 Å². The van der Waals surface area contributed by atoms with Crippen LogP contribution in [-0.4, -0.2) is 12.6 Å². The number of anilines is 1. The van der Waals surface area contributed by atoms with Crippen molar-refractivity contribution in [2.45, 2.75) is 33.1 Å². The van der Waals surface area contributed by atoms with E-state index in [2.05, 4.69) is 32.9 Å². The minimum atomic E-state index is -0.355. The van der Waals surface area contributed by atoms with E-state index in [1.807, 2.05) is 17.5 Å². The summed E-state index contributed by atoms with van der Waals surface area (Å²) in [7, 11) is 0. The van der Waals surface area contributed by atoms with E-state index in [-0.39, 0.29) is 11.4 Å². The van der Waals surface area contributed by atoms with E-state index in [1.165, 1.54) is 16.9 Å². The molecule has 1 heterocycles. The number of thiophene rings is 1. The second-order valence-corrected chi connectivity index (χ2v) is 6.85. The van der Waals surface area contributed by atoms with Crippen LogP contribution in [0.1, 0.15) is 43.6 Å². The zero-order valence-electron chi connectivity index (χ0n) is 12.9. The first kappa shape index (κ1) is 15.6. The molecule has 0 aliphatic rings. The molecular weight excluding hydrogens is 282 g/mol. The SMILES string of the molecule is CCOC(=O)c1c(-c2ccc(C(C)(C)C)cc2)csc1N. The molecule has 0 amide bonds. The molecular formula is C17H21NO2S. The maximum atomic E-state index is 12.1. The van der Waals surface area contributed by atoms with Crippen LogP contribution in [0.3, 0.4) is 0 Å². The molecule has 112 valence electrons. The summed E-state index contributed by atoms with van der Waals surface area (Å²) < 4.78 is 5.09. The maximum Gasteiger partial charge on any atom is 0.341 e. The lowest BCUT2D eigenvalue weighted by atomic mass is 9.86. The van der Waals surface area contributed by atoms with Gasteiger partial charge in [0.1, 0.15) is 10.6 Å². The normalized spacial score (nSPS) is 11.4. The van der Waals surface area contributed by atoms with Crippen LogP contribution in [0.25, 0.3) is 11.1 Å². The molecule has 0 aliphatic carbocycles. The first-order valence-corrected chi connectivity index (χ1v) is 7.87. The third-order valence-electron chi connectivity index (χ3n) is 3.36. The fourth-order valence-electron chi connectivity index (χ4n) is 2.15. The lowest BCUT2D eigenvalue weighted by molar-refractivity contribution is 0.0529. The molecule has 0 unspecified atom stereocenters. The third kappa shape index (κ3) is 3.27. The van der Waals surface area contributed by atoms with Gasteiger partial charge in [0.2, 0.25) is 0 Å². The number of hydrogen-bond donors (Lipinski definition) is 1. The summed E-state index contributed by atoms with van der Waals surface area (Å²) in [4.78, 5) is 12.1. The second kappa shape index (κ2) is 5.90. The Bertz CT molecular complexity index is 636. The molecule has 2 aromatic rings. The molecule has 21 heavy (non-hydrogen) atoms. The standard InChI is InChI=1S/C17H21NO2S/c1-5-20-16(19)14-13(10-21-15(14)18)11-6-8-12(9-7-11)17(2,3)4/h6-10H,5,18H2,1-4H3. The van der Waals surface area contributed by atoms with E-state index in [4.69, 9.17) is 10.5 Å². The molecule has 0 bridgehead atoms. The van der Waals surface area contributed by atoms with E-state index in [0.29, 0.717) is 17.2 Å². The molecule has 0 saturated carbocycles. The van der Waals surface area contributed by atoms with Gasteiger partial charge in [-0.15, -0.1) is 11.3 Å². The van der Waals surface area contributed by atoms with Gasteiger partial charge < -0.3 is 10.5 Å². The van der Waals surface area contributed by atoms with Gasteiger partial charge in [-0.25, -0.2) is 4.79 Å².